The predicted octanol–water partition coefficient (Wildman–Crippen LogP) is 5.32. The molecule has 4 heterocycles. The van der Waals surface area contributed by atoms with E-state index in [-0.39, 0.29) is 63.9 Å². The maximum absolute atomic E-state index is 14.0. The molecular formula is C25H20ClF6N5O4S2. The minimum absolute atomic E-state index is 0.0238. The van der Waals surface area contributed by atoms with E-state index in [1.807, 2.05) is 0 Å². The van der Waals surface area contributed by atoms with Gasteiger partial charge in [-0.05, 0) is 42.7 Å². The number of alkyl halides is 6. The number of nitrogens with one attached hydrogen (secondary N) is 1. The second-order valence-corrected chi connectivity index (χ2v) is 13.2. The highest BCUT2D eigenvalue weighted by Gasteiger charge is 2.43. The average molecular weight is 668 g/mol. The average Bonchev–Trinajstić information content (AvgIpc) is 3.35. The van der Waals surface area contributed by atoms with Crippen LogP contribution in [0.2, 0.25) is 5.02 Å². The van der Waals surface area contributed by atoms with E-state index >= 15 is 0 Å². The summed E-state index contributed by atoms with van der Waals surface area (Å²) in [5, 5.41) is 2.69. The minimum atomic E-state index is -5.03. The molecule has 0 radical (unpaired) electrons. The van der Waals surface area contributed by atoms with E-state index in [1.54, 1.807) is 6.92 Å². The van der Waals surface area contributed by atoms with E-state index in [0.717, 1.165) is 6.07 Å². The maximum Gasteiger partial charge on any atom is 0.471 e. The van der Waals surface area contributed by atoms with E-state index in [1.165, 1.54) is 17.0 Å². The fraction of sp³-hybridized carbons (Fsp3) is 0.360. The lowest BCUT2D eigenvalue weighted by molar-refractivity contribution is -0.186. The summed E-state index contributed by atoms with van der Waals surface area (Å²) in [4.78, 5) is 33.5. The van der Waals surface area contributed by atoms with Crippen LogP contribution in [0, 0.1) is 0 Å². The summed E-state index contributed by atoms with van der Waals surface area (Å²) < 4.78 is 106. The number of amides is 2. The van der Waals surface area contributed by atoms with Gasteiger partial charge in [0.25, 0.3) is 5.91 Å². The van der Waals surface area contributed by atoms with Crippen LogP contribution in [0.4, 0.5) is 38.0 Å². The van der Waals surface area contributed by atoms with Crippen LogP contribution in [-0.2, 0) is 33.8 Å². The number of anilines is 2. The Bertz CT molecular complexity index is 1740. The Labute approximate surface area is 249 Å². The molecule has 2 aliphatic rings. The SMILES string of the molecule is CCN1CCS(=O)(=O)c2cc(-c3nc(Nc4cc5c(cc4Cl)CN(C(=O)C(F)(F)F)CC5)ncc3C(F)(F)F)sc2C1=O. The van der Waals surface area contributed by atoms with Gasteiger partial charge in [-0.25, -0.2) is 18.4 Å². The zero-order valence-corrected chi connectivity index (χ0v) is 24.3. The molecule has 18 heteroatoms. The number of hydrogen-bond acceptors (Lipinski definition) is 8. The molecule has 0 saturated carbocycles. The Hall–Kier alpha value is -3.44. The van der Waals surface area contributed by atoms with Crippen LogP contribution in [0.15, 0.2) is 29.3 Å². The zero-order valence-electron chi connectivity index (χ0n) is 21.9. The number of thiophene rings is 1. The number of carbonyl (C=O) groups excluding carboxylic acids is 2. The Morgan fingerprint density at radius 3 is 2.49 bits per heavy atom. The Kier molecular flexibility index (Phi) is 7.88. The molecule has 0 saturated heterocycles. The molecule has 0 bridgehead atoms. The number of carbonyl (C=O) groups is 2. The van der Waals surface area contributed by atoms with Crippen molar-refractivity contribution in [3.63, 3.8) is 0 Å². The second-order valence-electron chi connectivity index (χ2n) is 9.66. The molecule has 3 aromatic rings. The number of halogens is 7. The van der Waals surface area contributed by atoms with Crippen molar-refractivity contribution in [2.24, 2.45) is 0 Å². The monoisotopic (exact) mass is 667 g/mol. The first-order valence-electron chi connectivity index (χ1n) is 12.5. The normalized spacial score (nSPS) is 16.9. The molecule has 0 aliphatic carbocycles. The third-order valence-electron chi connectivity index (χ3n) is 6.93. The zero-order chi connectivity index (χ0) is 31.5. The highest BCUT2D eigenvalue weighted by atomic mass is 35.5. The molecule has 2 aliphatic heterocycles. The van der Waals surface area contributed by atoms with Crippen LogP contribution in [0.25, 0.3) is 10.6 Å². The third-order valence-corrected chi connectivity index (χ3v) is 10.2. The van der Waals surface area contributed by atoms with Gasteiger partial charge >= 0.3 is 18.3 Å². The fourth-order valence-corrected chi connectivity index (χ4v) is 7.93. The highest BCUT2D eigenvalue weighted by Crippen LogP contribution is 2.42. The van der Waals surface area contributed by atoms with Crippen LogP contribution in [0.3, 0.4) is 0 Å². The van der Waals surface area contributed by atoms with Gasteiger partial charge in [0.2, 0.25) is 5.95 Å². The molecule has 230 valence electrons. The minimum Gasteiger partial charge on any atom is -0.337 e. The van der Waals surface area contributed by atoms with Crippen LogP contribution < -0.4 is 5.32 Å². The van der Waals surface area contributed by atoms with Crippen molar-refractivity contribution in [2.45, 2.75) is 37.1 Å². The molecular weight excluding hydrogens is 648 g/mol. The molecule has 0 unspecified atom stereocenters. The Morgan fingerprint density at radius 2 is 1.84 bits per heavy atom. The van der Waals surface area contributed by atoms with E-state index in [9.17, 15) is 44.3 Å². The summed E-state index contributed by atoms with van der Waals surface area (Å²) in [7, 11) is -3.98. The van der Waals surface area contributed by atoms with Crippen molar-refractivity contribution in [3.05, 3.63) is 51.0 Å². The van der Waals surface area contributed by atoms with Crippen molar-refractivity contribution >= 4 is 56.2 Å². The van der Waals surface area contributed by atoms with Gasteiger partial charge in [-0.2, -0.15) is 26.3 Å². The summed E-state index contributed by atoms with van der Waals surface area (Å²) in [5.74, 6) is -3.34. The first kappa shape index (κ1) is 31.0. The molecule has 9 nitrogen and oxygen atoms in total. The molecule has 0 atom stereocenters. The van der Waals surface area contributed by atoms with Crippen molar-refractivity contribution in [2.75, 3.05) is 30.7 Å². The maximum atomic E-state index is 14.0. The van der Waals surface area contributed by atoms with Gasteiger partial charge in [-0.1, -0.05) is 11.6 Å². The predicted molar refractivity (Wildman–Crippen MR) is 144 cm³/mol. The molecule has 0 fully saturated rings. The molecule has 1 N–H and O–H groups in total. The topological polar surface area (TPSA) is 113 Å². The molecule has 2 amide bonds. The Balaban J connectivity index is 1.51. The van der Waals surface area contributed by atoms with E-state index < -0.39 is 51.0 Å². The number of sulfone groups is 1. The van der Waals surface area contributed by atoms with Gasteiger partial charge in [0.1, 0.15) is 10.4 Å². The standard InChI is InChI=1S/C25H20ClF6N5O4S2/c1-2-36-5-6-43(40,41)18-9-17(42-20(18)21(36)38)19-14(24(27,28)29)10-33-23(35-19)34-16-8-12-3-4-37(22(39)25(30,31)32)11-13(12)7-15(16)26/h7-10H,2-6,11H2,1H3,(H,33,34,35). The molecule has 1 aromatic carbocycles. The second kappa shape index (κ2) is 10.9. The lowest BCUT2D eigenvalue weighted by Crippen LogP contribution is -2.43. The smallest absolute Gasteiger partial charge is 0.337 e. The summed E-state index contributed by atoms with van der Waals surface area (Å²) >= 11 is 6.89. The lowest BCUT2D eigenvalue weighted by atomic mass is 9.99. The number of rotatable bonds is 4. The van der Waals surface area contributed by atoms with Crippen molar-refractivity contribution < 1.29 is 44.3 Å². The number of nitrogens with zero attached hydrogens (tertiary/aromatic N) is 4. The van der Waals surface area contributed by atoms with Gasteiger partial charge in [-0.3, -0.25) is 9.59 Å². The number of aromatic nitrogens is 2. The quantitative estimate of drug-likeness (QED) is 0.375. The van der Waals surface area contributed by atoms with Crippen LogP contribution >= 0.6 is 22.9 Å². The van der Waals surface area contributed by atoms with Gasteiger partial charge in [0.15, 0.2) is 9.84 Å². The van der Waals surface area contributed by atoms with E-state index in [4.69, 9.17) is 11.6 Å². The van der Waals surface area contributed by atoms with Crippen molar-refractivity contribution in [1.82, 2.24) is 19.8 Å². The Morgan fingerprint density at radius 1 is 1.12 bits per heavy atom. The molecule has 5 rings (SSSR count). The first-order valence-corrected chi connectivity index (χ1v) is 15.4. The third kappa shape index (κ3) is 6.02. The summed E-state index contributed by atoms with van der Waals surface area (Å²) in [6, 6.07) is 3.82. The number of hydrogen-bond donors (Lipinski definition) is 1. The van der Waals surface area contributed by atoms with Crippen LogP contribution in [0.5, 0.6) is 0 Å². The highest BCUT2D eigenvalue weighted by molar-refractivity contribution is 7.91. The van der Waals surface area contributed by atoms with Crippen molar-refractivity contribution in [1.29, 1.82) is 0 Å². The lowest BCUT2D eigenvalue weighted by Gasteiger charge is -2.30. The van der Waals surface area contributed by atoms with Crippen molar-refractivity contribution in [3.8, 4) is 10.6 Å². The first-order chi connectivity index (χ1) is 20.0. The summed E-state index contributed by atoms with van der Waals surface area (Å²) in [6.07, 6.45) is -9.40. The largest absolute Gasteiger partial charge is 0.471 e. The van der Waals surface area contributed by atoms with Crippen LogP contribution in [-0.4, -0.2) is 71.6 Å². The van der Waals surface area contributed by atoms with Gasteiger partial charge in [0.05, 0.1) is 31.9 Å². The summed E-state index contributed by atoms with van der Waals surface area (Å²) in [5.41, 5.74) is -0.876. The fourth-order valence-electron chi connectivity index (χ4n) is 4.74. The van der Waals surface area contributed by atoms with Crippen LogP contribution in [0.1, 0.15) is 33.3 Å². The molecule has 0 spiro atoms. The number of fused-ring (bicyclic) bond motifs is 2. The van der Waals surface area contributed by atoms with Gasteiger partial charge in [0, 0.05) is 32.4 Å². The molecule has 2 aromatic heterocycles. The van der Waals surface area contributed by atoms with Gasteiger partial charge < -0.3 is 15.1 Å². The van der Waals surface area contributed by atoms with E-state index in [0.29, 0.717) is 33.6 Å². The number of benzene rings is 1. The van der Waals surface area contributed by atoms with Gasteiger partial charge in [-0.15, -0.1) is 11.3 Å². The molecule has 43 heavy (non-hydrogen) atoms. The van der Waals surface area contributed by atoms with E-state index in [2.05, 4.69) is 15.3 Å². The summed E-state index contributed by atoms with van der Waals surface area (Å²) in [6.45, 7) is 1.25.